The summed E-state index contributed by atoms with van der Waals surface area (Å²) in [6.07, 6.45) is 3.80. The molecule has 216 valence electrons. The Labute approximate surface area is 243 Å². The molecule has 41 heavy (non-hydrogen) atoms. The van der Waals surface area contributed by atoms with Crippen molar-refractivity contribution in [2.24, 2.45) is 5.41 Å². The molecule has 0 aliphatic carbocycles. The number of hydrogen-bond acceptors (Lipinski definition) is 5. The monoisotopic (exact) mass is 555 g/mol. The quantitative estimate of drug-likeness (QED) is 0.360. The minimum atomic E-state index is -0.231. The third-order valence-corrected chi connectivity index (χ3v) is 8.76. The smallest absolute Gasteiger partial charge is 0.229 e. The second-order valence-corrected chi connectivity index (χ2v) is 11.3. The topological polar surface area (TPSA) is 71.1 Å². The van der Waals surface area contributed by atoms with E-state index in [9.17, 15) is 9.59 Å². The highest BCUT2D eigenvalue weighted by Crippen LogP contribution is 2.42. The van der Waals surface area contributed by atoms with E-state index < -0.39 is 0 Å². The van der Waals surface area contributed by atoms with Crippen molar-refractivity contribution in [3.63, 3.8) is 0 Å². The molecule has 7 nitrogen and oxygen atoms in total. The Kier molecular flexibility index (Phi) is 9.24. The van der Waals surface area contributed by atoms with Crippen molar-refractivity contribution in [2.75, 3.05) is 40.4 Å². The van der Waals surface area contributed by atoms with Crippen molar-refractivity contribution in [3.8, 4) is 11.5 Å². The summed E-state index contributed by atoms with van der Waals surface area (Å²) in [4.78, 5) is 31.1. The molecule has 0 saturated carbocycles. The van der Waals surface area contributed by atoms with E-state index >= 15 is 0 Å². The molecule has 2 aliphatic rings. The zero-order valence-corrected chi connectivity index (χ0v) is 24.2. The summed E-state index contributed by atoms with van der Waals surface area (Å²) in [5.74, 6) is 1.84. The van der Waals surface area contributed by atoms with Crippen molar-refractivity contribution in [1.82, 2.24) is 15.1 Å². The molecule has 0 radical (unpaired) electrons. The third-order valence-electron chi connectivity index (χ3n) is 8.76. The summed E-state index contributed by atoms with van der Waals surface area (Å²) in [6.45, 7) is 4.15. The maximum atomic E-state index is 13.5. The molecule has 2 saturated heterocycles. The Bertz CT molecular complexity index is 1300. The van der Waals surface area contributed by atoms with E-state index in [1.54, 1.807) is 14.2 Å². The van der Waals surface area contributed by atoms with E-state index in [-0.39, 0.29) is 23.8 Å². The highest BCUT2D eigenvalue weighted by atomic mass is 16.5. The van der Waals surface area contributed by atoms with Crippen molar-refractivity contribution in [2.45, 2.75) is 44.7 Å². The second-order valence-electron chi connectivity index (χ2n) is 11.3. The Hall–Kier alpha value is -3.84. The molecule has 5 rings (SSSR count). The number of amides is 2. The third kappa shape index (κ3) is 6.91. The molecule has 2 amide bonds. The molecule has 2 heterocycles. The van der Waals surface area contributed by atoms with E-state index in [1.807, 2.05) is 71.6 Å². The summed E-state index contributed by atoms with van der Waals surface area (Å²) >= 11 is 0. The van der Waals surface area contributed by atoms with Crippen LogP contribution < -0.4 is 14.8 Å². The van der Waals surface area contributed by atoms with E-state index in [0.29, 0.717) is 12.5 Å². The maximum absolute atomic E-state index is 13.5. The average molecular weight is 556 g/mol. The van der Waals surface area contributed by atoms with Gasteiger partial charge in [0.05, 0.1) is 32.1 Å². The van der Waals surface area contributed by atoms with Gasteiger partial charge < -0.3 is 24.6 Å². The predicted molar refractivity (Wildman–Crippen MR) is 160 cm³/mol. The number of benzene rings is 3. The lowest BCUT2D eigenvalue weighted by Gasteiger charge is -2.38. The van der Waals surface area contributed by atoms with Crippen LogP contribution >= 0.6 is 0 Å². The molecule has 2 fully saturated rings. The second kappa shape index (κ2) is 13.2. The number of rotatable bonds is 11. The van der Waals surface area contributed by atoms with Crippen LogP contribution in [0.2, 0.25) is 0 Å². The number of carbonyl (C=O) groups is 2. The molecular weight excluding hydrogens is 514 g/mol. The molecule has 7 heteroatoms. The van der Waals surface area contributed by atoms with Crippen LogP contribution in [0.1, 0.15) is 48.4 Å². The van der Waals surface area contributed by atoms with Gasteiger partial charge in [-0.3, -0.25) is 9.59 Å². The number of methoxy groups -OCH3 is 2. The van der Waals surface area contributed by atoms with Gasteiger partial charge in [0, 0.05) is 25.2 Å². The van der Waals surface area contributed by atoms with Gasteiger partial charge in [0.25, 0.3) is 0 Å². The Morgan fingerprint density at radius 1 is 0.878 bits per heavy atom. The van der Waals surface area contributed by atoms with Gasteiger partial charge in [-0.2, -0.15) is 0 Å². The summed E-state index contributed by atoms with van der Waals surface area (Å²) in [5, 5.41) is 3.27. The number of carbonyl (C=O) groups excluding carboxylic acids is 2. The first-order valence-electron chi connectivity index (χ1n) is 14.6. The fraction of sp³-hybridized carbons (Fsp3) is 0.412. The standard InChI is InChI=1S/C34H41N3O4/c1-40-29-14-12-26(13-15-29)25-37-23-19-34(33(37)39)17-21-36(22-18-34)20-16-30(27-8-4-3-5-9-27)35-32(38)24-28-10-6-7-11-31(28)41-2/h3-15,30H,16-25H2,1-2H3,(H,35,38). The lowest BCUT2D eigenvalue weighted by atomic mass is 9.77. The first-order valence-corrected chi connectivity index (χ1v) is 14.6. The fourth-order valence-electron chi connectivity index (χ4n) is 6.25. The molecular formula is C34H41N3O4. The summed E-state index contributed by atoms with van der Waals surface area (Å²) < 4.78 is 10.7. The predicted octanol–water partition coefficient (Wildman–Crippen LogP) is 5.01. The largest absolute Gasteiger partial charge is 0.497 e. The number of para-hydroxylation sites is 1. The van der Waals surface area contributed by atoms with Crippen LogP contribution in [-0.2, 0) is 22.6 Å². The first kappa shape index (κ1) is 28.7. The van der Waals surface area contributed by atoms with E-state index in [1.165, 1.54) is 0 Å². The Morgan fingerprint density at radius 2 is 1.56 bits per heavy atom. The summed E-state index contributed by atoms with van der Waals surface area (Å²) in [6, 6.07) is 25.7. The lowest BCUT2D eigenvalue weighted by Crippen LogP contribution is -2.45. The van der Waals surface area contributed by atoms with Gasteiger partial charge in [0.2, 0.25) is 11.8 Å². The number of piperidine rings is 1. The number of nitrogens with one attached hydrogen (secondary N) is 1. The van der Waals surface area contributed by atoms with Crippen molar-refractivity contribution < 1.29 is 19.1 Å². The van der Waals surface area contributed by atoms with Gasteiger partial charge in [0.1, 0.15) is 11.5 Å². The molecule has 2 aliphatic heterocycles. The van der Waals surface area contributed by atoms with Gasteiger partial charge in [0.15, 0.2) is 0 Å². The van der Waals surface area contributed by atoms with E-state index in [4.69, 9.17) is 9.47 Å². The first-order chi connectivity index (χ1) is 20.0. The van der Waals surface area contributed by atoms with E-state index in [0.717, 1.165) is 80.1 Å². The number of nitrogens with zero attached hydrogens (tertiary/aromatic N) is 2. The Balaban J connectivity index is 1.15. The van der Waals surface area contributed by atoms with Gasteiger partial charge in [-0.1, -0.05) is 60.7 Å². The van der Waals surface area contributed by atoms with Gasteiger partial charge in [-0.05, 0) is 68.1 Å². The zero-order chi connectivity index (χ0) is 28.7. The maximum Gasteiger partial charge on any atom is 0.229 e. The highest BCUT2D eigenvalue weighted by Gasteiger charge is 2.47. The average Bonchev–Trinajstić information content (AvgIpc) is 3.31. The molecule has 1 N–H and O–H groups in total. The molecule has 0 bridgehead atoms. The molecule has 3 aromatic carbocycles. The molecule has 0 aromatic heterocycles. The van der Waals surface area contributed by atoms with Crippen LogP contribution in [0.25, 0.3) is 0 Å². The van der Waals surface area contributed by atoms with Crippen LogP contribution in [0, 0.1) is 5.41 Å². The minimum Gasteiger partial charge on any atom is -0.497 e. The number of likely N-dealkylation sites (tertiary alicyclic amines) is 2. The zero-order valence-electron chi connectivity index (χ0n) is 24.2. The Morgan fingerprint density at radius 3 is 2.27 bits per heavy atom. The molecule has 3 aromatic rings. The van der Waals surface area contributed by atoms with Crippen LogP contribution in [0.4, 0.5) is 0 Å². The fourth-order valence-corrected chi connectivity index (χ4v) is 6.25. The van der Waals surface area contributed by atoms with Gasteiger partial charge in [-0.25, -0.2) is 0 Å². The normalized spacial score (nSPS) is 17.4. The SMILES string of the molecule is COc1ccc(CN2CCC3(CCN(CCC(NC(=O)Cc4ccccc4OC)c4ccccc4)CC3)C2=O)cc1. The van der Waals surface area contributed by atoms with Crippen molar-refractivity contribution in [3.05, 3.63) is 95.6 Å². The van der Waals surface area contributed by atoms with Crippen LogP contribution in [0.3, 0.4) is 0 Å². The summed E-state index contributed by atoms with van der Waals surface area (Å²) in [5.41, 5.74) is 2.89. The van der Waals surface area contributed by atoms with Crippen LogP contribution in [0.5, 0.6) is 11.5 Å². The molecule has 1 unspecified atom stereocenters. The van der Waals surface area contributed by atoms with Gasteiger partial charge in [-0.15, -0.1) is 0 Å². The minimum absolute atomic E-state index is 0.0190. The van der Waals surface area contributed by atoms with E-state index in [2.05, 4.69) is 22.3 Å². The van der Waals surface area contributed by atoms with Crippen LogP contribution in [0.15, 0.2) is 78.9 Å². The van der Waals surface area contributed by atoms with Crippen LogP contribution in [-0.4, -0.2) is 62.0 Å². The lowest BCUT2D eigenvalue weighted by molar-refractivity contribution is -0.139. The summed E-state index contributed by atoms with van der Waals surface area (Å²) in [7, 11) is 3.29. The van der Waals surface area contributed by atoms with Gasteiger partial charge >= 0.3 is 0 Å². The van der Waals surface area contributed by atoms with Crippen molar-refractivity contribution in [1.29, 1.82) is 0 Å². The molecule has 1 spiro atoms. The molecule has 1 atom stereocenters. The number of ether oxygens (including phenoxy) is 2. The van der Waals surface area contributed by atoms with Crippen molar-refractivity contribution >= 4 is 11.8 Å². The highest BCUT2D eigenvalue weighted by molar-refractivity contribution is 5.85. The number of hydrogen-bond donors (Lipinski definition) is 1.